The smallest absolute Gasteiger partial charge is 0.293 e. The molecule has 0 heterocycles. The summed E-state index contributed by atoms with van der Waals surface area (Å²) in [6, 6.07) is 4.65. The molecule has 0 radical (unpaired) electrons. The SMILES string of the molecule is CC(C)CCNc1ccc(Cl)cc1[N+](=O)[O-]. The molecule has 1 aromatic rings. The predicted molar refractivity (Wildman–Crippen MR) is 66.1 cm³/mol. The fourth-order valence-electron chi connectivity index (χ4n) is 1.30. The average Bonchev–Trinajstić information content (AvgIpc) is 2.19. The maximum atomic E-state index is 10.8. The minimum Gasteiger partial charge on any atom is -0.379 e. The summed E-state index contributed by atoms with van der Waals surface area (Å²) in [4.78, 5) is 10.4. The number of nitro groups is 1. The molecule has 5 heteroatoms. The molecule has 1 N–H and O–H groups in total. The van der Waals surface area contributed by atoms with Crippen molar-refractivity contribution in [2.45, 2.75) is 20.3 Å². The number of halogens is 1. The van der Waals surface area contributed by atoms with Crippen molar-refractivity contribution in [2.24, 2.45) is 5.92 Å². The molecular formula is C11H15ClN2O2. The zero-order valence-electron chi connectivity index (χ0n) is 9.37. The molecule has 0 amide bonds. The van der Waals surface area contributed by atoms with E-state index in [0.29, 0.717) is 16.6 Å². The number of hydrogen-bond acceptors (Lipinski definition) is 3. The second kappa shape index (κ2) is 5.70. The first kappa shape index (κ1) is 12.8. The molecule has 1 aromatic carbocycles. The second-order valence-electron chi connectivity index (χ2n) is 4.03. The molecule has 0 bridgehead atoms. The first-order chi connectivity index (χ1) is 7.50. The third kappa shape index (κ3) is 3.70. The van der Waals surface area contributed by atoms with E-state index in [4.69, 9.17) is 11.6 Å². The van der Waals surface area contributed by atoms with Crippen LogP contribution in [0.25, 0.3) is 0 Å². The summed E-state index contributed by atoms with van der Waals surface area (Å²) in [6.45, 7) is 4.94. The van der Waals surface area contributed by atoms with Crippen LogP contribution in [-0.4, -0.2) is 11.5 Å². The van der Waals surface area contributed by atoms with E-state index in [0.717, 1.165) is 13.0 Å². The third-order valence-corrected chi connectivity index (χ3v) is 2.43. The zero-order valence-corrected chi connectivity index (χ0v) is 10.1. The Morgan fingerprint density at radius 1 is 1.50 bits per heavy atom. The van der Waals surface area contributed by atoms with Crippen molar-refractivity contribution >= 4 is 23.0 Å². The normalized spacial score (nSPS) is 10.5. The van der Waals surface area contributed by atoms with Crippen LogP contribution in [0.15, 0.2) is 18.2 Å². The van der Waals surface area contributed by atoms with Crippen molar-refractivity contribution in [3.8, 4) is 0 Å². The fourth-order valence-corrected chi connectivity index (χ4v) is 1.47. The van der Waals surface area contributed by atoms with Crippen LogP contribution in [0.5, 0.6) is 0 Å². The van der Waals surface area contributed by atoms with Gasteiger partial charge in [0.1, 0.15) is 5.69 Å². The van der Waals surface area contributed by atoms with Crippen molar-refractivity contribution in [1.29, 1.82) is 0 Å². The van der Waals surface area contributed by atoms with Gasteiger partial charge in [0.15, 0.2) is 0 Å². The number of anilines is 1. The molecule has 0 unspecified atom stereocenters. The molecule has 0 aromatic heterocycles. The lowest BCUT2D eigenvalue weighted by molar-refractivity contribution is -0.383. The van der Waals surface area contributed by atoms with E-state index >= 15 is 0 Å². The molecule has 4 nitrogen and oxygen atoms in total. The molecule has 0 aliphatic carbocycles. The van der Waals surface area contributed by atoms with Crippen molar-refractivity contribution in [1.82, 2.24) is 0 Å². The highest BCUT2D eigenvalue weighted by molar-refractivity contribution is 6.30. The van der Waals surface area contributed by atoms with E-state index in [9.17, 15) is 10.1 Å². The maximum absolute atomic E-state index is 10.8. The van der Waals surface area contributed by atoms with Crippen molar-refractivity contribution in [2.75, 3.05) is 11.9 Å². The number of nitrogens with one attached hydrogen (secondary N) is 1. The summed E-state index contributed by atoms with van der Waals surface area (Å²) < 4.78 is 0. The van der Waals surface area contributed by atoms with Crippen molar-refractivity contribution in [3.05, 3.63) is 33.3 Å². The van der Waals surface area contributed by atoms with Gasteiger partial charge in [0.05, 0.1) is 4.92 Å². The van der Waals surface area contributed by atoms with Gasteiger partial charge >= 0.3 is 0 Å². The highest BCUT2D eigenvalue weighted by atomic mass is 35.5. The summed E-state index contributed by atoms with van der Waals surface area (Å²) in [7, 11) is 0. The van der Waals surface area contributed by atoms with Crippen LogP contribution in [0.2, 0.25) is 5.02 Å². The molecule has 88 valence electrons. The number of hydrogen-bond donors (Lipinski definition) is 1. The minimum absolute atomic E-state index is 0.0243. The van der Waals surface area contributed by atoms with Crippen LogP contribution in [0.1, 0.15) is 20.3 Å². The van der Waals surface area contributed by atoms with Crippen LogP contribution in [0, 0.1) is 16.0 Å². The van der Waals surface area contributed by atoms with Crippen LogP contribution >= 0.6 is 11.6 Å². The Labute approximate surface area is 99.8 Å². The highest BCUT2D eigenvalue weighted by Gasteiger charge is 2.13. The molecule has 0 atom stereocenters. The lowest BCUT2D eigenvalue weighted by Crippen LogP contribution is -2.06. The molecule has 0 aliphatic rings. The minimum atomic E-state index is -0.427. The molecule has 1 rings (SSSR count). The fraction of sp³-hybridized carbons (Fsp3) is 0.455. The van der Waals surface area contributed by atoms with Gasteiger partial charge in [-0.3, -0.25) is 10.1 Å². The first-order valence-corrected chi connectivity index (χ1v) is 5.56. The van der Waals surface area contributed by atoms with Gasteiger partial charge in [-0.05, 0) is 24.5 Å². The highest BCUT2D eigenvalue weighted by Crippen LogP contribution is 2.27. The predicted octanol–water partition coefficient (Wildman–Crippen LogP) is 3.71. The lowest BCUT2D eigenvalue weighted by Gasteiger charge is -2.08. The Morgan fingerprint density at radius 3 is 2.75 bits per heavy atom. The van der Waals surface area contributed by atoms with Gasteiger partial charge in [0.2, 0.25) is 0 Å². The topological polar surface area (TPSA) is 55.2 Å². The monoisotopic (exact) mass is 242 g/mol. The van der Waals surface area contributed by atoms with Gasteiger partial charge in [0.25, 0.3) is 5.69 Å². The van der Waals surface area contributed by atoms with Gasteiger partial charge in [-0.2, -0.15) is 0 Å². The van der Waals surface area contributed by atoms with Gasteiger partial charge in [-0.1, -0.05) is 25.4 Å². The summed E-state index contributed by atoms with van der Waals surface area (Å²) in [5.41, 5.74) is 0.548. The van der Waals surface area contributed by atoms with E-state index in [-0.39, 0.29) is 5.69 Å². The number of rotatable bonds is 5. The third-order valence-electron chi connectivity index (χ3n) is 2.19. The Kier molecular flexibility index (Phi) is 4.55. The Morgan fingerprint density at radius 2 is 2.19 bits per heavy atom. The van der Waals surface area contributed by atoms with Crippen molar-refractivity contribution < 1.29 is 4.92 Å². The molecule has 0 fully saturated rings. The molecule has 0 aliphatic heterocycles. The number of nitrogens with zero attached hydrogens (tertiary/aromatic N) is 1. The quantitative estimate of drug-likeness (QED) is 0.633. The first-order valence-electron chi connectivity index (χ1n) is 5.18. The summed E-state index contributed by atoms with van der Waals surface area (Å²) >= 11 is 5.71. The van der Waals surface area contributed by atoms with E-state index in [1.165, 1.54) is 6.07 Å². The molecule has 0 spiro atoms. The average molecular weight is 243 g/mol. The Bertz CT molecular complexity index is 380. The maximum Gasteiger partial charge on any atom is 0.293 e. The lowest BCUT2D eigenvalue weighted by atomic mass is 10.1. The van der Waals surface area contributed by atoms with E-state index in [2.05, 4.69) is 19.2 Å². The molecule has 0 saturated heterocycles. The largest absolute Gasteiger partial charge is 0.379 e. The van der Waals surface area contributed by atoms with Crippen LogP contribution in [0.3, 0.4) is 0 Å². The second-order valence-corrected chi connectivity index (χ2v) is 4.46. The van der Waals surface area contributed by atoms with E-state index in [1.54, 1.807) is 12.1 Å². The van der Waals surface area contributed by atoms with Crippen LogP contribution in [0.4, 0.5) is 11.4 Å². The standard InChI is InChI=1S/C11H15ClN2O2/c1-8(2)5-6-13-10-4-3-9(12)7-11(10)14(15)16/h3-4,7-8,13H,5-6H2,1-2H3. The summed E-state index contributed by atoms with van der Waals surface area (Å²) in [5.74, 6) is 0.568. The van der Waals surface area contributed by atoms with Gasteiger partial charge in [-0.25, -0.2) is 0 Å². The Hall–Kier alpha value is -1.29. The Balaban J connectivity index is 2.75. The molecule has 0 saturated carbocycles. The van der Waals surface area contributed by atoms with Gasteiger partial charge in [-0.15, -0.1) is 0 Å². The van der Waals surface area contributed by atoms with Gasteiger partial charge < -0.3 is 5.32 Å². The van der Waals surface area contributed by atoms with Gasteiger partial charge in [0, 0.05) is 17.6 Å². The van der Waals surface area contributed by atoms with E-state index < -0.39 is 4.92 Å². The summed E-state index contributed by atoms with van der Waals surface area (Å²) in [6.07, 6.45) is 0.972. The molecule has 16 heavy (non-hydrogen) atoms. The van der Waals surface area contributed by atoms with Crippen molar-refractivity contribution in [3.63, 3.8) is 0 Å². The van der Waals surface area contributed by atoms with E-state index in [1.807, 2.05) is 0 Å². The van der Waals surface area contributed by atoms with Crippen LogP contribution < -0.4 is 5.32 Å². The zero-order chi connectivity index (χ0) is 12.1. The molecular weight excluding hydrogens is 228 g/mol. The number of nitro benzene ring substituents is 1. The van der Waals surface area contributed by atoms with Crippen LogP contribution in [-0.2, 0) is 0 Å². The summed E-state index contributed by atoms with van der Waals surface area (Å²) in [5, 5.41) is 14.2. The number of benzene rings is 1.